The van der Waals surface area contributed by atoms with E-state index in [1.807, 2.05) is 13.8 Å². The van der Waals surface area contributed by atoms with Gasteiger partial charge in [0.15, 0.2) is 5.75 Å². The molecule has 0 saturated heterocycles. The van der Waals surface area contributed by atoms with Gasteiger partial charge in [-0.2, -0.15) is 5.10 Å². The predicted molar refractivity (Wildman–Crippen MR) is 73.6 cm³/mol. The van der Waals surface area contributed by atoms with Crippen LogP contribution in [0.4, 0.5) is 0 Å². The Morgan fingerprint density at radius 2 is 2.20 bits per heavy atom. The third kappa shape index (κ3) is 3.68. The number of hydrogen-bond donors (Lipinski definition) is 1. The van der Waals surface area contributed by atoms with E-state index >= 15 is 0 Å². The Morgan fingerprint density at radius 3 is 2.75 bits per heavy atom. The summed E-state index contributed by atoms with van der Waals surface area (Å²) < 4.78 is 7.35. The third-order valence-electron chi connectivity index (χ3n) is 2.51. The highest BCUT2D eigenvalue weighted by Gasteiger charge is 2.04. The summed E-state index contributed by atoms with van der Waals surface area (Å²) in [6, 6.07) is 3.67. The van der Waals surface area contributed by atoms with Crippen LogP contribution in [0.15, 0.2) is 36.8 Å². The molecule has 2 rings (SSSR count). The maximum Gasteiger partial charge on any atom is 0.328 e. The first-order valence-corrected chi connectivity index (χ1v) is 6.13. The van der Waals surface area contributed by atoms with Gasteiger partial charge in [0.25, 0.3) is 0 Å². The quantitative estimate of drug-likeness (QED) is 0.847. The molecule has 0 spiro atoms. The number of carboxylic acid groups (broad SMARTS) is 1. The van der Waals surface area contributed by atoms with E-state index in [9.17, 15) is 4.79 Å². The number of rotatable bonds is 5. The topological polar surface area (TPSA) is 77.2 Å². The van der Waals surface area contributed by atoms with Crippen molar-refractivity contribution in [3.8, 4) is 11.6 Å². The Hall–Kier alpha value is -2.63. The van der Waals surface area contributed by atoms with Crippen molar-refractivity contribution in [1.82, 2.24) is 14.8 Å². The molecule has 104 valence electrons. The van der Waals surface area contributed by atoms with Gasteiger partial charge in [0.1, 0.15) is 0 Å². The molecule has 0 fully saturated rings. The standard InChI is InChI=1S/C14H15N3O3/c1-10(2)17-9-12(8-16-17)20-13-5-3-11(7-15-13)4-6-14(18)19/h3-10H,1-2H3,(H,18,19)/b6-4+. The molecule has 0 aliphatic heterocycles. The summed E-state index contributed by atoms with van der Waals surface area (Å²) in [7, 11) is 0. The van der Waals surface area contributed by atoms with Gasteiger partial charge in [-0.3, -0.25) is 4.68 Å². The molecule has 0 unspecified atom stereocenters. The summed E-state index contributed by atoms with van der Waals surface area (Å²) in [4.78, 5) is 14.5. The molecule has 0 amide bonds. The zero-order valence-electron chi connectivity index (χ0n) is 11.2. The molecular formula is C14H15N3O3. The molecule has 20 heavy (non-hydrogen) atoms. The molecule has 0 bridgehead atoms. The summed E-state index contributed by atoms with van der Waals surface area (Å²) >= 11 is 0. The van der Waals surface area contributed by atoms with Crippen LogP contribution in [0.5, 0.6) is 11.6 Å². The monoisotopic (exact) mass is 273 g/mol. The van der Waals surface area contributed by atoms with Crippen molar-refractivity contribution < 1.29 is 14.6 Å². The average molecular weight is 273 g/mol. The van der Waals surface area contributed by atoms with Crippen molar-refractivity contribution in [2.45, 2.75) is 19.9 Å². The van der Waals surface area contributed by atoms with Gasteiger partial charge in [-0.25, -0.2) is 9.78 Å². The first-order chi connectivity index (χ1) is 9.54. The number of nitrogens with zero attached hydrogens (tertiary/aromatic N) is 3. The molecule has 2 aromatic heterocycles. The number of carboxylic acids is 1. The molecule has 1 N–H and O–H groups in total. The van der Waals surface area contributed by atoms with E-state index < -0.39 is 5.97 Å². The summed E-state index contributed by atoms with van der Waals surface area (Å²) in [5.74, 6) is 0.0484. The van der Waals surface area contributed by atoms with E-state index in [0.29, 0.717) is 17.2 Å². The lowest BCUT2D eigenvalue weighted by molar-refractivity contribution is -0.131. The summed E-state index contributed by atoms with van der Waals surface area (Å²) in [6.45, 7) is 4.05. The van der Waals surface area contributed by atoms with Gasteiger partial charge in [0.05, 0.1) is 12.4 Å². The normalized spacial score (nSPS) is 11.2. The summed E-state index contributed by atoms with van der Waals surface area (Å²) in [6.07, 6.45) is 7.49. The highest BCUT2D eigenvalue weighted by molar-refractivity contribution is 5.85. The Morgan fingerprint density at radius 1 is 1.40 bits per heavy atom. The van der Waals surface area contributed by atoms with Gasteiger partial charge in [0, 0.05) is 24.4 Å². The number of aliphatic carboxylic acids is 1. The van der Waals surface area contributed by atoms with Crippen LogP contribution < -0.4 is 4.74 Å². The van der Waals surface area contributed by atoms with Gasteiger partial charge >= 0.3 is 5.97 Å². The smallest absolute Gasteiger partial charge is 0.328 e. The first-order valence-electron chi connectivity index (χ1n) is 6.13. The number of hydrogen-bond acceptors (Lipinski definition) is 4. The van der Waals surface area contributed by atoms with Gasteiger partial charge in [-0.1, -0.05) is 0 Å². The van der Waals surface area contributed by atoms with Crippen LogP contribution in [0, 0.1) is 0 Å². The molecule has 0 atom stereocenters. The van der Waals surface area contributed by atoms with Crippen LogP contribution in [0.1, 0.15) is 25.5 Å². The Kier molecular flexibility index (Phi) is 4.14. The van der Waals surface area contributed by atoms with E-state index in [-0.39, 0.29) is 6.04 Å². The van der Waals surface area contributed by atoms with E-state index in [1.165, 1.54) is 6.08 Å². The largest absolute Gasteiger partial charge is 0.478 e. The van der Waals surface area contributed by atoms with Crippen molar-refractivity contribution in [3.63, 3.8) is 0 Å². The lowest BCUT2D eigenvalue weighted by atomic mass is 10.2. The van der Waals surface area contributed by atoms with Crippen LogP contribution in [0.3, 0.4) is 0 Å². The van der Waals surface area contributed by atoms with E-state index in [1.54, 1.807) is 35.4 Å². The second-order valence-electron chi connectivity index (χ2n) is 4.45. The number of aromatic nitrogens is 3. The zero-order chi connectivity index (χ0) is 14.5. The minimum absolute atomic E-state index is 0.267. The highest BCUT2D eigenvalue weighted by atomic mass is 16.5. The van der Waals surface area contributed by atoms with Crippen molar-refractivity contribution >= 4 is 12.0 Å². The maximum absolute atomic E-state index is 10.4. The fraction of sp³-hybridized carbons (Fsp3) is 0.214. The maximum atomic E-state index is 10.4. The lowest BCUT2D eigenvalue weighted by Crippen LogP contribution is -1.99. The van der Waals surface area contributed by atoms with E-state index in [4.69, 9.17) is 9.84 Å². The molecule has 2 aromatic rings. The molecule has 0 aliphatic rings. The van der Waals surface area contributed by atoms with Crippen LogP contribution in [-0.2, 0) is 4.79 Å². The SMILES string of the molecule is CC(C)n1cc(Oc2ccc(/C=C/C(=O)O)cn2)cn1. The number of carbonyl (C=O) groups is 1. The molecule has 2 heterocycles. The molecule has 0 saturated carbocycles. The summed E-state index contributed by atoms with van der Waals surface area (Å²) in [5, 5.41) is 12.7. The first kappa shape index (κ1) is 13.8. The lowest BCUT2D eigenvalue weighted by Gasteiger charge is -2.03. The Labute approximate surface area is 116 Å². The number of ether oxygens (including phenoxy) is 1. The molecule has 0 aromatic carbocycles. The molecule has 6 heteroatoms. The molecule has 0 aliphatic carbocycles. The van der Waals surface area contributed by atoms with Crippen LogP contribution >= 0.6 is 0 Å². The van der Waals surface area contributed by atoms with Crippen LogP contribution in [0.2, 0.25) is 0 Å². The molecular weight excluding hydrogens is 258 g/mol. The molecule has 6 nitrogen and oxygen atoms in total. The fourth-order valence-corrected chi connectivity index (χ4v) is 1.49. The fourth-order valence-electron chi connectivity index (χ4n) is 1.49. The predicted octanol–water partition coefficient (Wildman–Crippen LogP) is 2.75. The highest BCUT2D eigenvalue weighted by Crippen LogP contribution is 2.20. The van der Waals surface area contributed by atoms with Gasteiger partial charge in [-0.05, 0) is 31.6 Å². The Bertz CT molecular complexity index is 615. The van der Waals surface area contributed by atoms with Crippen molar-refractivity contribution in [2.24, 2.45) is 0 Å². The minimum atomic E-state index is -0.994. The van der Waals surface area contributed by atoms with Crippen LogP contribution in [-0.4, -0.2) is 25.8 Å². The van der Waals surface area contributed by atoms with Crippen molar-refractivity contribution in [3.05, 3.63) is 42.4 Å². The summed E-state index contributed by atoms with van der Waals surface area (Å²) in [5.41, 5.74) is 0.692. The third-order valence-corrected chi connectivity index (χ3v) is 2.51. The average Bonchev–Trinajstić information content (AvgIpc) is 2.86. The number of pyridine rings is 1. The van der Waals surface area contributed by atoms with Gasteiger partial charge < -0.3 is 9.84 Å². The van der Waals surface area contributed by atoms with Crippen LogP contribution in [0.25, 0.3) is 6.08 Å². The molecule has 0 radical (unpaired) electrons. The van der Waals surface area contributed by atoms with Crippen molar-refractivity contribution in [1.29, 1.82) is 0 Å². The van der Waals surface area contributed by atoms with Gasteiger partial charge in [0.2, 0.25) is 5.88 Å². The second kappa shape index (κ2) is 6.01. The Balaban J connectivity index is 2.04. The zero-order valence-corrected chi connectivity index (χ0v) is 11.2. The van der Waals surface area contributed by atoms with Gasteiger partial charge in [-0.15, -0.1) is 0 Å². The van der Waals surface area contributed by atoms with E-state index in [0.717, 1.165) is 6.08 Å². The minimum Gasteiger partial charge on any atom is -0.478 e. The van der Waals surface area contributed by atoms with Crippen molar-refractivity contribution in [2.75, 3.05) is 0 Å². The van der Waals surface area contributed by atoms with E-state index in [2.05, 4.69) is 10.1 Å². The second-order valence-corrected chi connectivity index (χ2v) is 4.45.